The summed E-state index contributed by atoms with van der Waals surface area (Å²) < 4.78 is 18.4. The molecule has 2 aromatic carbocycles. The van der Waals surface area contributed by atoms with Gasteiger partial charge in [-0.1, -0.05) is 12.1 Å². The molecule has 0 unspecified atom stereocenters. The first-order valence-corrected chi connectivity index (χ1v) is 10.4. The van der Waals surface area contributed by atoms with Crippen LogP contribution >= 0.6 is 0 Å². The number of likely N-dealkylation sites (tertiary alicyclic amines) is 1. The molecule has 0 saturated carbocycles. The Balaban J connectivity index is 1.50. The summed E-state index contributed by atoms with van der Waals surface area (Å²) in [5.41, 5.74) is 3.06. The highest BCUT2D eigenvalue weighted by molar-refractivity contribution is 5.96. The number of carbonyl (C=O) groups is 3. The van der Waals surface area contributed by atoms with Crippen LogP contribution in [0.1, 0.15) is 41.3 Å². The fraction of sp³-hybridized carbons (Fsp3) is 0.375. The van der Waals surface area contributed by atoms with Crippen molar-refractivity contribution in [3.8, 4) is 0 Å². The molecule has 7 heteroatoms. The number of aryl methyl sites for hydroxylation is 2. The Morgan fingerprint density at radius 1 is 1.06 bits per heavy atom. The predicted octanol–water partition coefficient (Wildman–Crippen LogP) is 3.87. The van der Waals surface area contributed by atoms with E-state index in [4.69, 9.17) is 4.74 Å². The zero-order chi connectivity index (χ0) is 22.5. The highest BCUT2D eigenvalue weighted by Crippen LogP contribution is 2.22. The number of anilines is 1. The van der Waals surface area contributed by atoms with E-state index in [1.165, 1.54) is 24.3 Å². The normalized spacial score (nSPS) is 15.3. The van der Waals surface area contributed by atoms with Crippen LogP contribution in [0.2, 0.25) is 0 Å². The second-order valence-electron chi connectivity index (χ2n) is 7.96. The first-order chi connectivity index (χ1) is 14.7. The van der Waals surface area contributed by atoms with Crippen molar-refractivity contribution in [1.29, 1.82) is 0 Å². The van der Waals surface area contributed by atoms with Crippen molar-refractivity contribution in [2.24, 2.45) is 5.92 Å². The summed E-state index contributed by atoms with van der Waals surface area (Å²) in [6.07, 6.45) is -0.0138. The van der Waals surface area contributed by atoms with E-state index in [0.717, 1.165) is 11.1 Å². The van der Waals surface area contributed by atoms with Crippen molar-refractivity contribution in [1.82, 2.24) is 4.90 Å². The van der Waals surface area contributed by atoms with Crippen molar-refractivity contribution >= 4 is 23.5 Å². The molecule has 0 radical (unpaired) electrons. The lowest BCUT2D eigenvalue weighted by molar-refractivity contribution is -0.158. The molecule has 2 amide bonds. The maximum absolute atomic E-state index is 13.0. The number of rotatable bonds is 5. The molecule has 31 heavy (non-hydrogen) atoms. The molecule has 1 atom stereocenters. The molecule has 0 bridgehead atoms. The fourth-order valence-electron chi connectivity index (χ4n) is 3.52. The van der Waals surface area contributed by atoms with Gasteiger partial charge in [0.2, 0.25) is 0 Å². The maximum atomic E-state index is 13.0. The SMILES string of the molecule is Cc1ccc(C)c(NC(=O)[C@@H](C)OC(=O)C2CCN(C(=O)c3ccc(F)cc3)CC2)c1. The molecule has 2 aromatic rings. The van der Waals surface area contributed by atoms with Crippen molar-refractivity contribution in [2.75, 3.05) is 18.4 Å². The molecular weight excluding hydrogens is 399 g/mol. The van der Waals surface area contributed by atoms with Gasteiger partial charge in [-0.05, 0) is 75.1 Å². The van der Waals surface area contributed by atoms with Crippen LogP contribution < -0.4 is 5.32 Å². The third-order valence-corrected chi connectivity index (χ3v) is 5.52. The van der Waals surface area contributed by atoms with Crippen molar-refractivity contribution in [3.63, 3.8) is 0 Å². The molecule has 6 nitrogen and oxygen atoms in total. The van der Waals surface area contributed by atoms with Crippen LogP contribution in [0.15, 0.2) is 42.5 Å². The number of halogens is 1. The first kappa shape index (κ1) is 22.5. The summed E-state index contributed by atoms with van der Waals surface area (Å²) in [5, 5.41) is 2.81. The number of ether oxygens (including phenoxy) is 1. The van der Waals surface area contributed by atoms with Crippen LogP contribution in [0.5, 0.6) is 0 Å². The maximum Gasteiger partial charge on any atom is 0.309 e. The molecule has 1 fully saturated rings. The Kier molecular flexibility index (Phi) is 7.05. The molecule has 0 spiro atoms. The van der Waals surface area contributed by atoms with Gasteiger partial charge in [0.25, 0.3) is 11.8 Å². The lowest BCUT2D eigenvalue weighted by Crippen LogP contribution is -2.41. The van der Waals surface area contributed by atoms with E-state index in [0.29, 0.717) is 37.2 Å². The average Bonchev–Trinajstić information content (AvgIpc) is 2.76. The number of piperidine rings is 1. The van der Waals surface area contributed by atoms with Gasteiger partial charge in [0, 0.05) is 24.3 Å². The topological polar surface area (TPSA) is 75.7 Å². The molecule has 1 heterocycles. The van der Waals surface area contributed by atoms with Crippen LogP contribution in [0, 0.1) is 25.6 Å². The highest BCUT2D eigenvalue weighted by atomic mass is 19.1. The van der Waals surface area contributed by atoms with Gasteiger partial charge in [0.05, 0.1) is 5.92 Å². The minimum Gasteiger partial charge on any atom is -0.452 e. The summed E-state index contributed by atoms with van der Waals surface area (Å²) in [4.78, 5) is 39.1. The van der Waals surface area contributed by atoms with E-state index in [-0.39, 0.29) is 17.7 Å². The number of carbonyl (C=O) groups excluding carboxylic acids is 3. The molecule has 164 valence electrons. The number of nitrogens with zero attached hydrogens (tertiary/aromatic N) is 1. The number of hydrogen-bond acceptors (Lipinski definition) is 4. The quantitative estimate of drug-likeness (QED) is 0.737. The average molecular weight is 426 g/mol. The van der Waals surface area contributed by atoms with Gasteiger partial charge in [-0.3, -0.25) is 14.4 Å². The molecule has 1 aliphatic rings. The van der Waals surface area contributed by atoms with E-state index in [2.05, 4.69) is 5.32 Å². The largest absolute Gasteiger partial charge is 0.452 e. The third kappa shape index (κ3) is 5.69. The van der Waals surface area contributed by atoms with Crippen molar-refractivity contribution < 1.29 is 23.5 Å². The molecule has 1 N–H and O–H groups in total. The fourth-order valence-corrected chi connectivity index (χ4v) is 3.52. The van der Waals surface area contributed by atoms with Gasteiger partial charge in [-0.2, -0.15) is 0 Å². The number of benzene rings is 2. The molecule has 0 aromatic heterocycles. The lowest BCUT2D eigenvalue weighted by Gasteiger charge is -2.31. The Labute approximate surface area is 181 Å². The number of esters is 1. The van der Waals surface area contributed by atoms with Crippen LogP contribution in [-0.2, 0) is 14.3 Å². The lowest BCUT2D eigenvalue weighted by atomic mass is 9.96. The Hall–Kier alpha value is -3.22. The van der Waals surface area contributed by atoms with Gasteiger partial charge in [0.15, 0.2) is 6.10 Å². The van der Waals surface area contributed by atoms with Gasteiger partial charge < -0.3 is 15.0 Å². The van der Waals surface area contributed by atoms with E-state index in [1.54, 1.807) is 11.8 Å². The summed E-state index contributed by atoms with van der Waals surface area (Å²) in [5.74, 6) is -1.77. The molecule has 3 rings (SSSR count). The smallest absolute Gasteiger partial charge is 0.309 e. The van der Waals surface area contributed by atoms with E-state index < -0.39 is 17.9 Å². The van der Waals surface area contributed by atoms with Crippen LogP contribution in [0.25, 0.3) is 0 Å². The van der Waals surface area contributed by atoms with E-state index in [1.807, 2.05) is 32.0 Å². The minimum atomic E-state index is -0.925. The summed E-state index contributed by atoms with van der Waals surface area (Å²) in [7, 11) is 0. The Morgan fingerprint density at radius 2 is 1.71 bits per heavy atom. The first-order valence-electron chi connectivity index (χ1n) is 10.4. The number of amides is 2. The van der Waals surface area contributed by atoms with Gasteiger partial charge in [0.1, 0.15) is 5.82 Å². The molecule has 0 aliphatic carbocycles. The third-order valence-electron chi connectivity index (χ3n) is 5.52. The van der Waals surface area contributed by atoms with Gasteiger partial charge in [-0.25, -0.2) is 4.39 Å². The Morgan fingerprint density at radius 3 is 2.35 bits per heavy atom. The molecule has 1 saturated heterocycles. The Bertz CT molecular complexity index is 966. The summed E-state index contributed by atoms with van der Waals surface area (Å²) in [6.45, 7) is 6.18. The van der Waals surface area contributed by atoms with E-state index >= 15 is 0 Å². The predicted molar refractivity (Wildman–Crippen MR) is 115 cm³/mol. The highest BCUT2D eigenvalue weighted by Gasteiger charge is 2.30. The minimum absolute atomic E-state index is 0.187. The summed E-state index contributed by atoms with van der Waals surface area (Å²) >= 11 is 0. The van der Waals surface area contributed by atoms with Gasteiger partial charge >= 0.3 is 5.97 Å². The molecule has 1 aliphatic heterocycles. The van der Waals surface area contributed by atoms with Gasteiger partial charge in [-0.15, -0.1) is 0 Å². The van der Waals surface area contributed by atoms with Crippen LogP contribution in [-0.4, -0.2) is 41.9 Å². The second-order valence-corrected chi connectivity index (χ2v) is 7.96. The zero-order valence-corrected chi connectivity index (χ0v) is 18.0. The van der Waals surface area contributed by atoms with Crippen molar-refractivity contribution in [3.05, 3.63) is 65.0 Å². The summed E-state index contributed by atoms with van der Waals surface area (Å²) in [6, 6.07) is 11.2. The standard InChI is InChI=1S/C24H27FN2O4/c1-15-4-5-16(2)21(14-15)26-22(28)17(3)31-24(30)19-10-12-27(13-11-19)23(29)18-6-8-20(25)9-7-18/h4-9,14,17,19H,10-13H2,1-3H3,(H,26,28)/t17-/m1/s1. The van der Waals surface area contributed by atoms with Crippen LogP contribution in [0.3, 0.4) is 0 Å². The van der Waals surface area contributed by atoms with E-state index in [9.17, 15) is 18.8 Å². The molecular formula is C24H27FN2O4. The number of nitrogens with one attached hydrogen (secondary N) is 1. The number of hydrogen-bond donors (Lipinski definition) is 1. The second kappa shape index (κ2) is 9.73. The monoisotopic (exact) mass is 426 g/mol. The van der Waals surface area contributed by atoms with Crippen LogP contribution in [0.4, 0.5) is 10.1 Å². The zero-order valence-electron chi connectivity index (χ0n) is 18.0. The van der Waals surface area contributed by atoms with Crippen molar-refractivity contribution in [2.45, 2.75) is 39.7 Å².